The Kier molecular flexibility index (Phi) is 17.1. The molecule has 6 atom stereocenters. The highest BCUT2D eigenvalue weighted by Crippen LogP contribution is 2.30. The quantitative estimate of drug-likeness (QED) is 0.0427. The molecule has 7 N–H and O–H groups in total. The van der Waals surface area contributed by atoms with Gasteiger partial charge in [0.05, 0.1) is 40.7 Å². The maximum absolute atomic E-state index is 11.7. The number of hydrogen-bond donors (Lipinski definition) is 7. The molecule has 1 aliphatic carbocycles. The topological polar surface area (TPSA) is 211 Å². The number of aliphatic hydroxyl groups is 5. The van der Waals surface area contributed by atoms with E-state index >= 15 is 0 Å². The van der Waals surface area contributed by atoms with Gasteiger partial charge in [0, 0.05) is 12.6 Å². The summed E-state index contributed by atoms with van der Waals surface area (Å²) in [4.78, 5) is 21.3. The van der Waals surface area contributed by atoms with Crippen LogP contribution in [0.3, 0.4) is 0 Å². The molecule has 0 aliphatic heterocycles. The number of aliphatic hydroxyl groups excluding tert-OH is 5. The summed E-state index contributed by atoms with van der Waals surface area (Å²) in [5.41, 5.74) is -0.927. The molecule has 0 fully saturated rings. The van der Waals surface area contributed by atoms with E-state index in [2.05, 4.69) is 17.6 Å². The molecule has 1 aromatic carbocycles. The SMILES string of the molecule is CCCCCCCCCCCCC/C=C\[C@@H](O)C(CNC1C=C(CO)[C@@H](O)C(O)[C@H]1O)Nc1ccc([N+](=O)[O-])cc1[N+](=O)[O-]. The number of anilines is 1. The van der Waals surface area contributed by atoms with Crippen LogP contribution < -0.4 is 10.6 Å². The second-order valence-corrected chi connectivity index (χ2v) is 11.5. The van der Waals surface area contributed by atoms with Gasteiger partial charge in [-0.05, 0) is 24.5 Å². The van der Waals surface area contributed by atoms with E-state index in [-0.39, 0.29) is 17.8 Å². The summed E-state index contributed by atoms with van der Waals surface area (Å²) in [5.74, 6) is 0. The first-order chi connectivity index (χ1) is 21.1. The number of hydrogen-bond acceptors (Lipinski definition) is 11. The van der Waals surface area contributed by atoms with E-state index in [9.17, 15) is 45.8 Å². The fraction of sp³-hybridized carbons (Fsp3) is 0.677. The third-order valence-electron chi connectivity index (χ3n) is 8.02. The summed E-state index contributed by atoms with van der Waals surface area (Å²) in [6, 6.07) is 1.35. The summed E-state index contributed by atoms with van der Waals surface area (Å²) < 4.78 is 0. The minimum atomic E-state index is -1.56. The maximum Gasteiger partial charge on any atom is 0.299 e. The normalized spacial score (nSPS) is 21.6. The molecule has 0 amide bonds. The third-order valence-corrected chi connectivity index (χ3v) is 8.02. The molecule has 248 valence electrons. The average Bonchev–Trinajstić information content (AvgIpc) is 3.00. The molecule has 2 rings (SSSR count). The first kappa shape index (κ1) is 37.2. The zero-order valence-electron chi connectivity index (χ0n) is 25.6. The number of nitro benzene ring substituents is 2. The molecule has 44 heavy (non-hydrogen) atoms. The number of unbranched alkanes of at least 4 members (excludes halogenated alkanes) is 11. The minimum absolute atomic E-state index is 0.0450. The Balaban J connectivity index is 2.01. The Hall–Kier alpha value is -2.94. The van der Waals surface area contributed by atoms with Crippen LogP contribution >= 0.6 is 0 Å². The Labute approximate surface area is 259 Å². The largest absolute Gasteiger partial charge is 0.392 e. The molecule has 13 nitrogen and oxygen atoms in total. The maximum atomic E-state index is 11.7. The number of nitrogens with zero attached hydrogens (tertiary/aromatic N) is 2. The van der Waals surface area contributed by atoms with Crippen LogP contribution in [0.2, 0.25) is 0 Å². The van der Waals surface area contributed by atoms with Crippen LogP contribution in [0.4, 0.5) is 17.1 Å². The average molecular weight is 623 g/mol. The van der Waals surface area contributed by atoms with Gasteiger partial charge in [-0.25, -0.2) is 0 Å². The van der Waals surface area contributed by atoms with Crippen molar-refractivity contribution in [2.75, 3.05) is 18.5 Å². The van der Waals surface area contributed by atoms with Crippen molar-refractivity contribution in [1.82, 2.24) is 5.32 Å². The molecule has 0 bridgehead atoms. The molecule has 13 heteroatoms. The molecule has 1 aromatic rings. The molecular formula is C31H50N4O9. The van der Waals surface area contributed by atoms with Gasteiger partial charge in [0.15, 0.2) is 0 Å². The van der Waals surface area contributed by atoms with Crippen LogP contribution in [0.15, 0.2) is 42.0 Å². The van der Waals surface area contributed by atoms with Gasteiger partial charge in [-0.1, -0.05) is 89.4 Å². The Bertz CT molecular complexity index is 1080. The summed E-state index contributed by atoms with van der Waals surface area (Å²) in [5, 5.41) is 79.9. The van der Waals surface area contributed by atoms with E-state index in [0.29, 0.717) is 0 Å². The summed E-state index contributed by atoms with van der Waals surface area (Å²) in [6.45, 7) is 1.61. The molecule has 1 aliphatic rings. The van der Waals surface area contributed by atoms with Gasteiger partial charge in [-0.15, -0.1) is 0 Å². The van der Waals surface area contributed by atoms with E-state index in [1.807, 2.05) is 6.08 Å². The molecule has 0 heterocycles. The lowest BCUT2D eigenvalue weighted by atomic mass is 9.88. The standard InChI is InChI=1S/C31H50N4O9/c1-2-3-4-5-6-7-8-9-10-11-12-13-14-15-28(37)26(20-32-25-18-22(21-36)29(38)31(40)30(25)39)33-24-17-16-23(34(41)42)19-27(24)35(43)44/h14-19,25-26,28-33,36-40H,2-13,20-21H2,1H3/b15-14-/t25?,26?,28-,29-,30+,31?/m1/s1. The van der Waals surface area contributed by atoms with Gasteiger partial charge < -0.3 is 36.2 Å². The predicted octanol–water partition coefficient (Wildman–Crippen LogP) is 3.87. The second kappa shape index (κ2) is 20.2. The summed E-state index contributed by atoms with van der Waals surface area (Å²) in [6.07, 6.45) is 13.4. The van der Waals surface area contributed by atoms with E-state index in [1.165, 1.54) is 63.5 Å². The lowest BCUT2D eigenvalue weighted by Gasteiger charge is -2.35. The van der Waals surface area contributed by atoms with Crippen LogP contribution in [0.5, 0.6) is 0 Å². The molecule has 3 unspecified atom stereocenters. The van der Waals surface area contributed by atoms with Gasteiger partial charge in [0.2, 0.25) is 0 Å². The Morgan fingerprint density at radius 1 is 0.909 bits per heavy atom. The van der Waals surface area contributed by atoms with E-state index in [4.69, 9.17) is 0 Å². The smallest absolute Gasteiger partial charge is 0.299 e. The predicted molar refractivity (Wildman–Crippen MR) is 168 cm³/mol. The molecule has 0 saturated heterocycles. The first-order valence-corrected chi connectivity index (χ1v) is 15.7. The fourth-order valence-corrected chi connectivity index (χ4v) is 5.30. The Morgan fingerprint density at radius 2 is 1.52 bits per heavy atom. The van der Waals surface area contributed by atoms with Gasteiger partial charge in [0.1, 0.15) is 24.0 Å². The number of benzene rings is 1. The highest BCUT2D eigenvalue weighted by molar-refractivity contribution is 5.65. The van der Waals surface area contributed by atoms with Gasteiger partial charge in [0.25, 0.3) is 11.4 Å². The zero-order chi connectivity index (χ0) is 32.5. The number of nitro groups is 2. The monoisotopic (exact) mass is 622 g/mol. The van der Waals surface area contributed by atoms with Crippen LogP contribution in [0, 0.1) is 20.2 Å². The lowest BCUT2D eigenvalue weighted by Crippen LogP contribution is -2.56. The van der Waals surface area contributed by atoms with Crippen molar-refractivity contribution < 1.29 is 35.4 Å². The van der Waals surface area contributed by atoms with Crippen molar-refractivity contribution >= 4 is 17.1 Å². The van der Waals surface area contributed by atoms with Crippen LogP contribution in [-0.4, -0.2) is 85.0 Å². The minimum Gasteiger partial charge on any atom is -0.392 e. The number of nitrogens with one attached hydrogen (secondary N) is 2. The number of rotatable bonds is 22. The van der Waals surface area contributed by atoms with E-state index in [1.54, 1.807) is 6.08 Å². The molecule has 0 radical (unpaired) electrons. The number of non-ortho nitro benzene ring substituents is 1. The lowest BCUT2D eigenvalue weighted by molar-refractivity contribution is -0.393. The van der Waals surface area contributed by atoms with Crippen molar-refractivity contribution in [2.45, 2.75) is 120 Å². The zero-order valence-corrected chi connectivity index (χ0v) is 25.6. The van der Waals surface area contributed by atoms with Crippen molar-refractivity contribution in [2.24, 2.45) is 0 Å². The van der Waals surface area contributed by atoms with Crippen molar-refractivity contribution in [3.63, 3.8) is 0 Å². The van der Waals surface area contributed by atoms with E-state index < -0.39 is 64.3 Å². The first-order valence-electron chi connectivity index (χ1n) is 15.7. The second-order valence-electron chi connectivity index (χ2n) is 11.5. The third kappa shape index (κ3) is 12.2. The van der Waals surface area contributed by atoms with Crippen molar-refractivity contribution in [1.29, 1.82) is 0 Å². The van der Waals surface area contributed by atoms with Crippen LogP contribution in [-0.2, 0) is 0 Å². The van der Waals surface area contributed by atoms with Crippen LogP contribution in [0.25, 0.3) is 0 Å². The molecule has 0 aromatic heterocycles. The highest BCUT2D eigenvalue weighted by Gasteiger charge is 2.37. The summed E-state index contributed by atoms with van der Waals surface area (Å²) >= 11 is 0. The molecule has 0 saturated carbocycles. The Morgan fingerprint density at radius 3 is 2.09 bits per heavy atom. The molecule has 0 spiro atoms. The highest BCUT2D eigenvalue weighted by atomic mass is 16.6. The van der Waals surface area contributed by atoms with Gasteiger partial charge >= 0.3 is 0 Å². The number of allylic oxidation sites excluding steroid dienone is 1. The fourth-order valence-electron chi connectivity index (χ4n) is 5.30. The van der Waals surface area contributed by atoms with Gasteiger partial charge in [-0.2, -0.15) is 0 Å². The van der Waals surface area contributed by atoms with E-state index in [0.717, 1.165) is 37.8 Å². The van der Waals surface area contributed by atoms with Crippen molar-refractivity contribution in [3.8, 4) is 0 Å². The van der Waals surface area contributed by atoms with Gasteiger partial charge in [-0.3, -0.25) is 20.2 Å². The van der Waals surface area contributed by atoms with Crippen LogP contribution in [0.1, 0.15) is 84.0 Å². The molecular weight excluding hydrogens is 572 g/mol. The van der Waals surface area contributed by atoms with Crippen molar-refractivity contribution in [3.05, 3.63) is 62.2 Å². The summed E-state index contributed by atoms with van der Waals surface area (Å²) in [7, 11) is 0.